The molecule has 0 saturated carbocycles. The van der Waals surface area contributed by atoms with Crippen LogP contribution in [-0.4, -0.2) is 67.8 Å². The van der Waals surface area contributed by atoms with E-state index < -0.39 is 15.9 Å². The van der Waals surface area contributed by atoms with Gasteiger partial charge in [-0.05, 0) is 50.2 Å². The standard InChI is InChI=1S/C24H29N5O4S/c1-3-27(4-2)23-11-10-20(34(31,32)28-14-16-33-17-15-28)18-22(23)25-24(30)21-12-13-29(26-21)19-8-6-5-7-9-19/h5-13,18H,3-4,14-17H2,1-2H3,(H,25,30). The average Bonchev–Trinajstić information content (AvgIpc) is 3.37. The van der Waals surface area contributed by atoms with Crippen LogP contribution in [0, 0.1) is 0 Å². The minimum atomic E-state index is -3.71. The van der Waals surface area contributed by atoms with Crippen molar-refractivity contribution in [3.05, 3.63) is 66.5 Å². The van der Waals surface area contributed by atoms with E-state index in [-0.39, 0.29) is 10.6 Å². The molecule has 0 spiro atoms. The first kappa shape index (κ1) is 23.9. The summed E-state index contributed by atoms with van der Waals surface area (Å²) >= 11 is 0. The van der Waals surface area contributed by atoms with E-state index in [2.05, 4.69) is 15.3 Å². The number of carbonyl (C=O) groups is 1. The van der Waals surface area contributed by atoms with E-state index in [1.807, 2.05) is 44.2 Å². The SMILES string of the molecule is CCN(CC)c1ccc(S(=O)(=O)N2CCOCC2)cc1NC(=O)c1ccn(-c2ccccc2)n1. The van der Waals surface area contributed by atoms with Crippen molar-refractivity contribution in [1.29, 1.82) is 0 Å². The third-order valence-electron chi connectivity index (χ3n) is 5.77. The fourth-order valence-corrected chi connectivity index (χ4v) is 5.34. The maximum Gasteiger partial charge on any atom is 0.276 e. The van der Waals surface area contributed by atoms with Crippen LogP contribution in [0.4, 0.5) is 11.4 Å². The number of anilines is 2. The number of nitrogens with one attached hydrogen (secondary N) is 1. The molecule has 0 bridgehead atoms. The summed E-state index contributed by atoms with van der Waals surface area (Å²) < 4.78 is 34.7. The van der Waals surface area contributed by atoms with E-state index in [1.165, 1.54) is 10.4 Å². The molecule has 3 aromatic rings. The van der Waals surface area contributed by atoms with Gasteiger partial charge < -0.3 is 15.0 Å². The third kappa shape index (κ3) is 4.98. The molecule has 34 heavy (non-hydrogen) atoms. The minimum Gasteiger partial charge on any atom is -0.379 e. The van der Waals surface area contributed by atoms with Crippen LogP contribution >= 0.6 is 0 Å². The van der Waals surface area contributed by atoms with E-state index in [1.54, 1.807) is 29.1 Å². The first-order valence-electron chi connectivity index (χ1n) is 11.3. The molecule has 9 nitrogen and oxygen atoms in total. The molecule has 1 aromatic heterocycles. The fourth-order valence-electron chi connectivity index (χ4n) is 3.91. The first-order chi connectivity index (χ1) is 16.4. The summed E-state index contributed by atoms with van der Waals surface area (Å²) in [6, 6.07) is 16.0. The van der Waals surface area contributed by atoms with Gasteiger partial charge in [0.05, 0.1) is 35.2 Å². The van der Waals surface area contributed by atoms with Crippen LogP contribution in [0.25, 0.3) is 5.69 Å². The normalized spacial score (nSPS) is 14.6. The van der Waals surface area contributed by atoms with Crippen molar-refractivity contribution in [3.8, 4) is 5.69 Å². The lowest BCUT2D eigenvalue weighted by atomic mass is 10.2. The van der Waals surface area contributed by atoms with E-state index in [0.717, 1.165) is 11.4 Å². The highest BCUT2D eigenvalue weighted by Crippen LogP contribution is 2.31. The van der Waals surface area contributed by atoms with Crippen LogP contribution in [0.1, 0.15) is 24.3 Å². The predicted molar refractivity (Wildman–Crippen MR) is 131 cm³/mol. The van der Waals surface area contributed by atoms with Crippen molar-refractivity contribution < 1.29 is 17.9 Å². The second-order valence-corrected chi connectivity index (χ2v) is 9.74. The van der Waals surface area contributed by atoms with Gasteiger partial charge in [0.15, 0.2) is 5.69 Å². The van der Waals surface area contributed by atoms with Gasteiger partial charge in [0.2, 0.25) is 10.0 Å². The molecule has 0 unspecified atom stereocenters. The number of morpholine rings is 1. The van der Waals surface area contributed by atoms with Crippen molar-refractivity contribution in [3.63, 3.8) is 0 Å². The smallest absolute Gasteiger partial charge is 0.276 e. The summed E-state index contributed by atoms with van der Waals surface area (Å²) in [7, 11) is -3.71. The van der Waals surface area contributed by atoms with Crippen molar-refractivity contribution in [2.24, 2.45) is 0 Å². The van der Waals surface area contributed by atoms with Crippen LogP contribution < -0.4 is 10.2 Å². The van der Waals surface area contributed by atoms with E-state index in [0.29, 0.717) is 45.1 Å². The quantitative estimate of drug-likeness (QED) is 0.529. The Morgan fingerprint density at radius 2 is 1.76 bits per heavy atom. The number of hydrogen-bond donors (Lipinski definition) is 1. The van der Waals surface area contributed by atoms with Crippen molar-refractivity contribution in [2.75, 3.05) is 49.6 Å². The number of rotatable bonds is 8. The summed E-state index contributed by atoms with van der Waals surface area (Å²) in [6.07, 6.45) is 1.72. The summed E-state index contributed by atoms with van der Waals surface area (Å²) in [5.74, 6) is -0.413. The third-order valence-corrected chi connectivity index (χ3v) is 7.67. The molecule has 1 aliphatic heterocycles. The van der Waals surface area contributed by atoms with Crippen LogP contribution in [-0.2, 0) is 14.8 Å². The topological polar surface area (TPSA) is 96.8 Å². The number of carbonyl (C=O) groups excluding carboxylic acids is 1. The molecule has 1 fully saturated rings. The predicted octanol–water partition coefficient (Wildman–Crippen LogP) is 2.99. The highest BCUT2D eigenvalue weighted by Gasteiger charge is 2.28. The van der Waals surface area contributed by atoms with Crippen molar-refractivity contribution in [1.82, 2.24) is 14.1 Å². The summed E-state index contributed by atoms with van der Waals surface area (Å²) in [6.45, 7) is 6.77. The molecule has 10 heteroatoms. The number of aromatic nitrogens is 2. The monoisotopic (exact) mass is 483 g/mol. The van der Waals surface area contributed by atoms with Gasteiger partial charge in [-0.2, -0.15) is 9.40 Å². The molecular weight excluding hydrogens is 454 g/mol. The maximum atomic E-state index is 13.2. The molecular formula is C24H29N5O4S. The van der Waals surface area contributed by atoms with Crippen LogP contribution in [0.3, 0.4) is 0 Å². The molecule has 1 aliphatic rings. The second-order valence-electron chi connectivity index (χ2n) is 7.80. The Labute approximate surface area is 200 Å². The van der Waals surface area contributed by atoms with E-state index in [9.17, 15) is 13.2 Å². The highest BCUT2D eigenvalue weighted by atomic mass is 32.2. The zero-order valence-electron chi connectivity index (χ0n) is 19.3. The number of sulfonamides is 1. The molecule has 0 atom stereocenters. The molecule has 2 aromatic carbocycles. The Hall–Kier alpha value is -3.21. The van der Waals surface area contributed by atoms with E-state index >= 15 is 0 Å². The van der Waals surface area contributed by atoms with Gasteiger partial charge in [-0.3, -0.25) is 4.79 Å². The molecule has 1 amide bonds. The highest BCUT2D eigenvalue weighted by molar-refractivity contribution is 7.89. The molecule has 0 radical (unpaired) electrons. The number of para-hydroxylation sites is 1. The van der Waals surface area contributed by atoms with Crippen LogP contribution in [0.5, 0.6) is 0 Å². The van der Waals surface area contributed by atoms with Gasteiger partial charge in [-0.25, -0.2) is 13.1 Å². The Bertz CT molecular complexity index is 1230. The lowest BCUT2D eigenvalue weighted by Gasteiger charge is -2.28. The number of ether oxygens (including phenoxy) is 1. The number of amides is 1. The Balaban J connectivity index is 1.65. The maximum absolute atomic E-state index is 13.2. The van der Waals surface area contributed by atoms with Crippen molar-refractivity contribution in [2.45, 2.75) is 18.7 Å². The molecule has 1 N–H and O–H groups in total. The Kier molecular flexibility index (Phi) is 7.30. The van der Waals surface area contributed by atoms with Crippen molar-refractivity contribution >= 4 is 27.3 Å². The van der Waals surface area contributed by atoms with Crippen LogP contribution in [0.2, 0.25) is 0 Å². The van der Waals surface area contributed by atoms with Gasteiger partial charge in [-0.15, -0.1) is 0 Å². The number of hydrogen-bond acceptors (Lipinski definition) is 6. The number of nitrogens with zero attached hydrogens (tertiary/aromatic N) is 4. The molecule has 1 saturated heterocycles. The summed E-state index contributed by atoms with van der Waals surface area (Å²) in [4.78, 5) is 15.3. The van der Waals surface area contributed by atoms with Gasteiger partial charge in [-0.1, -0.05) is 18.2 Å². The van der Waals surface area contributed by atoms with Crippen LogP contribution in [0.15, 0.2) is 65.7 Å². The zero-order chi connectivity index (χ0) is 24.1. The Morgan fingerprint density at radius 3 is 2.44 bits per heavy atom. The van der Waals surface area contributed by atoms with Gasteiger partial charge in [0.1, 0.15) is 0 Å². The lowest BCUT2D eigenvalue weighted by molar-refractivity contribution is 0.0730. The largest absolute Gasteiger partial charge is 0.379 e. The molecule has 0 aliphatic carbocycles. The van der Waals surface area contributed by atoms with Gasteiger partial charge in [0, 0.05) is 32.4 Å². The molecule has 180 valence electrons. The zero-order valence-corrected chi connectivity index (χ0v) is 20.2. The Morgan fingerprint density at radius 1 is 1.06 bits per heavy atom. The van der Waals surface area contributed by atoms with E-state index in [4.69, 9.17) is 4.74 Å². The molecule has 2 heterocycles. The minimum absolute atomic E-state index is 0.135. The summed E-state index contributed by atoms with van der Waals surface area (Å²) in [5, 5.41) is 7.28. The average molecular weight is 484 g/mol. The fraction of sp³-hybridized carbons (Fsp3) is 0.333. The second kappa shape index (κ2) is 10.4. The molecule has 4 rings (SSSR count). The summed E-state index contributed by atoms with van der Waals surface area (Å²) in [5.41, 5.74) is 2.25. The van der Waals surface area contributed by atoms with Gasteiger partial charge in [0.25, 0.3) is 5.91 Å². The lowest BCUT2D eigenvalue weighted by Crippen LogP contribution is -2.40. The van der Waals surface area contributed by atoms with Gasteiger partial charge >= 0.3 is 0 Å². The number of benzene rings is 2. The first-order valence-corrected chi connectivity index (χ1v) is 12.8.